The van der Waals surface area contributed by atoms with E-state index >= 15 is 0 Å². The molecule has 0 fully saturated rings. The van der Waals surface area contributed by atoms with Crippen LogP contribution in [0.4, 0.5) is 0 Å². The summed E-state index contributed by atoms with van der Waals surface area (Å²) in [5.41, 5.74) is 0.568. The third-order valence-corrected chi connectivity index (χ3v) is 2.37. The molecule has 0 unspecified atom stereocenters. The molecule has 4 nitrogen and oxygen atoms in total. The maximum Gasteiger partial charge on any atom is 0.238 e. The number of nitriles is 1. The Kier molecular flexibility index (Phi) is 2.88. The van der Waals surface area contributed by atoms with Crippen molar-refractivity contribution in [2.24, 2.45) is 5.14 Å². The van der Waals surface area contributed by atoms with Gasteiger partial charge in [-0.2, -0.15) is 5.26 Å². The number of nitrogens with two attached hydrogens (primary N) is 1. The fourth-order valence-corrected chi connectivity index (χ4v) is 1.34. The standard InChI is InChI=1S/C9H6N2O2S/c10-7-1-2-8-3-5-9(6-4-8)14(11,12)13/h3-6H,(H2,11,12,13). The second-order valence-electron chi connectivity index (χ2n) is 2.43. The van der Waals surface area contributed by atoms with Crippen molar-refractivity contribution in [2.45, 2.75) is 4.90 Å². The van der Waals surface area contributed by atoms with Gasteiger partial charge in [-0.1, -0.05) is 5.92 Å². The molecule has 70 valence electrons. The van der Waals surface area contributed by atoms with Gasteiger partial charge in [0.1, 0.15) is 0 Å². The summed E-state index contributed by atoms with van der Waals surface area (Å²) >= 11 is 0. The second kappa shape index (κ2) is 3.93. The molecule has 1 aromatic carbocycles. The highest BCUT2D eigenvalue weighted by Gasteiger charge is 2.05. The van der Waals surface area contributed by atoms with E-state index in [2.05, 4.69) is 11.8 Å². The number of primary sulfonamides is 1. The largest absolute Gasteiger partial charge is 0.238 e. The fraction of sp³-hybridized carbons (Fsp3) is 0. The summed E-state index contributed by atoms with van der Waals surface area (Å²) in [6, 6.07) is 7.33. The summed E-state index contributed by atoms with van der Waals surface area (Å²) in [5.74, 6) is 4.72. The monoisotopic (exact) mass is 206 g/mol. The van der Waals surface area contributed by atoms with Crippen LogP contribution in [0.3, 0.4) is 0 Å². The molecule has 1 rings (SSSR count). The Labute approximate surface area is 82.0 Å². The van der Waals surface area contributed by atoms with Crippen LogP contribution in [0.15, 0.2) is 29.2 Å². The van der Waals surface area contributed by atoms with E-state index in [1.165, 1.54) is 24.3 Å². The minimum absolute atomic E-state index is 0.0278. The van der Waals surface area contributed by atoms with Crippen LogP contribution in [0.25, 0.3) is 0 Å². The Bertz CT molecular complexity index is 527. The van der Waals surface area contributed by atoms with Gasteiger partial charge < -0.3 is 0 Å². The number of benzene rings is 1. The molecule has 0 radical (unpaired) electrons. The smallest absolute Gasteiger partial charge is 0.225 e. The van der Waals surface area contributed by atoms with Gasteiger partial charge in [0.25, 0.3) is 0 Å². The molecule has 0 saturated heterocycles. The molecule has 0 heterocycles. The number of rotatable bonds is 1. The molecule has 0 atom stereocenters. The van der Waals surface area contributed by atoms with Gasteiger partial charge in [-0.15, -0.1) is 0 Å². The predicted molar refractivity (Wildman–Crippen MR) is 50.3 cm³/mol. The molecular formula is C9H6N2O2S. The third kappa shape index (κ3) is 2.60. The lowest BCUT2D eigenvalue weighted by Gasteiger charge is -1.96. The van der Waals surface area contributed by atoms with Gasteiger partial charge in [0.2, 0.25) is 10.0 Å². The first-order valence-corrected chi connectivity index (χ1v) is 5.11. The van der Waals surface area contributed by atoms with E-state index in [0.717, 1.165) is 0 Å². The van der Waals surface area contributed by atoms with Crippen LogP contribution < -0.4 is 5.14 Å². The van der Waals surface area contributed by atoms with Crippen LogP contribution in [0.2, 0.25) is 0 Å². The van der Waals surface area contributed by atoms with E-state index in [1.807, 2.05) is 0 Å². The van der Waals surface area contributed by atoms with Crippen molar-refractivity contribution >= 4 is 10.0 Å². The van der Waals surface area contributed by atoms with E-state index in [0.29, 0.717) is 5.56 Å². The van der Waals surface area contributed by atoms with Gasteiger partial charge in [0, 0.05) is 11.5 Å². The Hall–Kier alpha value is -1.82. The van der Waals surface area contributed by atoms with E-state index in [4.69, 9.17) is 10.4 Å². The molecular weight excluding hydrogens is 200 g/mol. The SMILES string of the molecule is N#CC#Cc1ccc(S(N)(=O)=O)cc1. The van der Waals surface area contributed by atoms with E-state index < -0.39 is 10.0 Å². The molecule has 0 aromatic heterocycles. The van der Waals surface area contributed by atoms with Crippen molar-refractivity contribution in [1.82, 2.24) is 0 Å². The summed E-state index contributed by atoms with van der Waals surface area (Å²) in [4.78, 5) is 0.0278. The Morgan fingerprint density at radius 1 is 1.21 bits per heavy atom. The molecule has 0 bridgehead atoms. The van der Waals surface area contributed by atoms with E-state index in [9.17, 15) is 8.42 Å². The minimum atomic E-state index is -3.65. The van der Waals surface area contributed by atoms with Crippen LogP contribution in [-0.4, -0.2) is 8.42 Å². The van der Waals surface area contributed by atoms with Gasteiger partial charge >= 0.3 is 0 Å². The van der Waals surface area contributed by atoms with Crippen molar-refractivity contribution in [1.29, 1.82) is 5.26 Å². The highest BCUT2D eigenvalue weighted by Crippen LogP contribution is 2.07. The Balaban J connectivity index is 3.09. The van der Waals surface area contributed by atoms with E-state index in [1.54, 1.807) is 6.07 Å². The number of nitrogens with zero attached hydrogens (tertiary/aromatic N) is 1. The van der Waals surface area contributed by atoms with Crippen molar-refractivity contribution in [3.8, 4) is 17.9 Å². The number of hydrogen-bond donors (Lipinski definition) is 1. The molecule has 1 aromatic rings. The molecule has 0 spiro atoms. The van der Waals surface area contributed by atoms with E-state index in [-0.39, 0.29) is 4.90 Å². The molecule has 5 heteroatoms. The maximum atomic E-state index is 10.8. The topological polar surface area (TPSA) is 83.9 Å². The Morgan fingerprint density at radius 3 is 2.21 bits per heavy atom. The average molecular weight is 206 g/mol. The number of hydrogen-bond acceptors (Lipinski definition) is 3. The van der Waals surface area contributed by atoms with Crippen molar-refractivity contribution < 1.29 is 8.42 Å². The average Bonchev–Trinajstić information content (AvgIpc) is 2.14. The predicted octanol–water partition coefficient (Wildman–Crippen LogP) is 0.209. The van der Waals surface area contributed by atoms with Crippen LogP contribution >= 0.6 is 0 Å². The zero-order chi connectivity index (χ0) is 10.6. The zero-order valence-corrected chi connectivity index (χ0v) is 7.88. The molecule has 14 heavy (non-hydrogen) atoms. The minimum Gasteiger partial charge on any atom is -0.225 e. The summed E-state index contributed by atoms with van der Waals surface area (Å²) < 4.78 is 21.7. The third-order valence-electron chi connectivity index (χ3n) is 1.45. The van der Waals surface area contributed by atoms with Crippen molar-refractivity contribution in [2.75, 3.05) is 0 Å². The van der Waals surface area contributed by atoms with Crippen LogP contribution in [0, 0.1) is 23.2 Å². The first kappa shape index (κ1) is 10.3. The highest BCUT2D eigenvalue weighted by atomic mass is 32.2. The normalized spacial score (nSPS) is 9.71. The van der Waals surface area contributed by atoms with Gasteiger partial charge in [-0.25, -0.2) is 13.6 Å². The summed E-state index contributed by atoms with van der Waals surface area (Å²) in [6.07, 6.45) is 0. The molecule has 2 N–H and O–H groups in total. The lowest BCUT2D eigenvalue weighted by atomic mass is 10.2. The lowest BCUT2D eigenvalue weighted by molar-refractivity contribution is 0.598. The maximum absolute atomic E-state index is 10.8. The first-order chi connectivity index (χ1) is 6.54. The summed E-state index contributed by atoms with van der Waals surface area (Å²) in [5, 5.41) is 13.1. The first-order valence-electron chi connectivity index (χ1n) is 3.57. The van der Waals surface area contributed by atoms with Crippen molar-refractivity contribution in [3.05, 3.63) is 29.8 Å². The molecule has 0 aliphatic carbocycles. The van der Waals surface area contributed by atoms with Gasteiger partial charge in [-0.3, -0.25) is 0 Å². The lowest BCUT2D eigenvalue weighted by Crippen LogP contribution is -2.11. The van der Waals surface area contributed by atoms with Gasteiger partial charge in [0.05, 0.1) is 4.90 Å². The van der Waals surface area contributed by atoms with Crippen LogP contribution in [0.5, 0.6) is 0 Å². The zero-order valence-electron chi connectivity index (χ0n) is 7.06. The fourth-order valence-electron chi connectivity index (χ4n) is 0.828. The molecule has 0 amide bonds. The number of sulfonamides is 1. The van der Waals surface area contributed by atoms with Gasteiger partial charge in [0.15, 0.2) is 6.07 Å². The quantitative estimate of drug-likeness (QED) is 0.666. The Morgan fingerprint density at radius 2 is 1.79 bits per heavy atom. The van der Waals surface area contributed by atoms with Crippen LogP contribution in [0.1, 0.15) is 5.56 Å². The molecule has 0 saturated carbocycles. The van der Waals surface area contributed by atoms with Crippen molar-refractivity contribution in [3.63, 3.8) is 0 Å². The van der Waals surface area contributed by atoms with Gasteiger partial charge in [-0.05, 0) is 24.3 Å². The highest BCUT2D eigenvalue weighted by molar-refractivity contribution is 7.89. The molecule has 0 aliphatic rings. The molecule has 0 aliphatic heterocycles. The summed E-state index contributed by atoms with van der Waals surface area (Å²) in [6.45, 7) is 0. The summed E-state index contributed by atoms with van der Waals surface area (Å²) in [7, 11) is -3.65. The van der Waals surface area contributed by atoms with Crippen LogP contribution in [-0.2, 0) is 10.0 Å². The second-order valence-corrected chi connectivity index (χ2v) is 3.99.